The lowest BCUT2D eigenvalue weighted by molar-refractivity contribution is 0.0717. The van der Waals surface area contributed by atoms with Crippen molar-refractivity contribution in [1.82, 2.24) is 9.80 Å². The van der Waals surface area contributed by atoms with E-state index in [9.17, 15) is 4.79 Å². The van der Waals surface area contributed by atoms with Crippen LogP contribution in [-0.4, -0.2) is 48.9 Å². The Morgan fingerprint density at radius 2 is 2.26 bits per heavy atom. The van der Waals surface area contributed by atoms with Crippen molar-refractivity contribution in [2.24, 2.45) is 0 Å². The first kappa shape index (κ1) is 14.3. The van der Waals surface area contributed by atoms with Gasteiger partial charge in [-0.05, 0) is 45.1 Å². The Balaban J connectivity index is 2.20. The largest absolute Gasteiger partial charge is 0.398 e. The molecular weight excluding hydrogens is 306 g/mol. The topological polar surface area (TPSA) is 49.6 Å². The molecule has 1 aliphatic heterocycles. The number of amides is 1. The van der Waals surface area contributed by atoms with E-state index in [0.717, 1.165) is 30.4 Å². The SMILES string of the molecule is CN(C)CC1CCCN1C(=O)c1cc(Br)ccc1N. The summed E-state index contributed by atoms with van der Waals surface area (Å²) in [5.74, 6) is 0.0446. The molecule has 2 N–H and O–H groups in total. The summed E-state index contributed by atoms with van der Waals surface area (Å²) >= 11 is 3.39. The average Bonchev–Trinajstić information content (AvgIpc) is 2.78. The van der Waals surface area contributed by atoms with E-state index in [1.54, 1.807) is 6.07 Å². The monoisotopic (exact) mass is 325 g/mol. The Hall–Kier alpha value is -1.07. The number of hydrogen-bond donors (Lipinski definition) is 1. The smallest absolute Gasteiger partial charge is 0.256 e. The fourth-order valence-corrected chi connectivity index (χ4v) is 2.94. The van der Waals surface area contributed by atoms with Crippen molar-refractivity contribution in [3.8, 4) is 0 Å². The number of likely N-dealkylation sites (tertiary alicyclic amines) is 1. The van der Waals surface area contributed by atoms with Crippen LogP contribution >= 0.6 is 15.9 Å². The lowest BCUT2D eigenvalue weighted by Gasteiger charge is -2.27. The van der Waals surface area contributed by atoms with Crippen LogP contribution in [0.5, 0.6) is 0 Å². The zero-order chi connectivity index (χ0) is 14.0. The number of nitrogens with zero attached hydrogens (tertiary/aromatic N) is 2. The normalized spacial score (nSPS) is 19.2. The van der Waals surface area contributed by atoms with E-state index < -0.39 is 0 Å². The first-order valence-corrected chi connectivity index (χ1v) is 7.29. The number of nitrogen functional groups attached to an aromatic ring is 1. The van der Waals surface area contributed by atoms with Crippen LogP contribution in [0.15, 0.2) is 22.7 Å². The molecule has 19 heavy (non-hydrogen) atoms. The van der Waals surface area contributed by atoms with E-state index in [2.05, 4.69) is 20.8 Å². The van der Waals surface area contributed by atoms with Gasteiger partial charge in [0.1, 0.15) is 0 Å². The molecule has 0 aromatic heterocycles. The highest BCUT2D eigenvalue weighted by Crippen LogP contribution is 2.25. The van der Waals surface area contributed by atoms with Crippen LogP contribution in [0.3, 0.4) is 0 Å². The minimum Gasteiger partial charge on any atom is -0.398 e. The molecule has 1 unspecified atom stereocenters. The zero-order valence-corrected chi connectivity index (χ0v) is 13.0. The number of nitrogens with two attached hydrogens (primary N) is 1. The minimum absolute atomic E-state index is 0.0446. The van der Waals surface area contributed by atoms with Gasteiger partial charge in [-0.2, -0.15) is 0 Å². The lowest BCUT2D eigenvalue weighted by atomic mass is 10.1. The van der Waals surface area contributed by atoms with Crippen molar-refractivity contribution >= 4 is 27.5 Å². The van der Waals surface area contributed by atoms with E-state index in [-0.39, 0.29) is 5.91 Å². The van der Waals surface area contributed by atoms with Crippen LogP contribution in [0.1, 0.15) is 23.2 Å². The molecule has 1 fully saturated rings. The minimum atomic E-state index is 0.0446. The quantitative estimate of drug-likeness (QED) is 0.867. The summed E-state index contributed by atoms with van der Waals surface area (Å²) in [5, 5.41) is 0. The molecule has 5 heteroatoms. The highest BCUT2D eigenvalue weighted by molar-refractivity contribution is 9.10. The summed E-state index contributed by atoms with van der Waals surface area (Å²) in [6.07, 6.45) is 2.13. The molecule has 1 heterocycles. The molecule has 0 saturated carbocycles. The highest BCUT2D eigenvalue weighted by Gasteiger charge is 2.30. The van der Waals surface area contributed by atoms with Crippen LogP contribution in [0, 0.1) is 0 Å². The van der Waals surface area contributed by atoms with Gasteiger partial charge >= 0.3 is 0 Å². The third-order valence-corrected chi connectivity index (χ3v) is 3.95. The van der Waals surface area contributed by atoms with Crippen molar-refractivity contribution < 1.29 is 4.79 Å². The first-order valence-electron chi connectivity index (χ1n) is 6.50. The Labute approximate surface area is 122 Å². The van der Waals surface area contributed by atoms with Gasteiger partial charge in [0.15, 0.2) is 0 Å². The predicted octanol–water partition coefficient (Wildman–Crippen LogP) is 2.20. The van der Waals surface area contributed by atoms with E-state index >= 15 is 0 Å². The van der Waals surface area contributed by atoms with Crippen LogP contribution in [0.4, 0.5) is 5.69 Å². The number of likely N-dealkylation sites (N-methyl/N-ethyl adjacent to an activating group) is 1. The Kier molecular flexibility index (Phi) is 4.47. The third kappa shape index (κ3) is 3.28. The molecule has 0 bridgehead atoms. The fraction of sp³-hybridized carbons (Fsp3) is 0.500. The number of carbonyl (C=O) groups excluding carboxylic acids is 1. The fourth-order valence-electron chi connectivity index (χ4n) is 2.58. The Morgan fingerprint density at radius 1 is 1.53 bits per heavy atom. The molecule has 1 saturated heterocycles. The van der Waals surface area contributed by atoms with Gasteiger partial charge in [0.25, 0.3) is 5.91 Å². The molecule has 1 atom stereocenters. The van der Waals surface area contributed by atoms with Gasteiger partial charge in [0.2, 0.25) is 0 Å². The molecule has 4 nitrogen and oxygen atoms in total. The zero-order valence-electron chi connectivity index (χ0n) is 11.4. The first-order chi connectivity index (χ1) is 8.99. The molecule has 0 radical (unpaired) electrons. The summed E-state index contributed by atoms with van der Waals surface area (Å²) in [6.45, 7) is 1.73. The van der Waals surface area contributed by atoms with E-state index in [0.29, 0.717) is 17.3 Å². The van der Waals surface area contributed by atoms with Gasteiger partial charge in [-0.25, -0.2) is 0 Å². The summed E-state index contributed by atoms with van der Waals surface area (Å²) in [7, 11) is 4.07. The maximum Gasteiger partial charge on any atom is 0.256 e. The van der Waals surface area contributed by atoms with Crippen LogP contribution in [-0.2, 0) is 0 Å². The second-order valence-electron chi connectivity index (χ2n) is 5.29. The number of rotatable bonds is 3. The lowest BCUT2D eigenvalue weighted by Crippen LogP contribution is -2.41. The summed E-state index contributed by atoms with van der Waals surface area (Å²) in [6, 6.07) is 5.73. The summed E-state index contributed by atoms with van der Waals surface area (Å²) in [5.41, 5.74) is 7.07. The molecular formula is C14H20BrN3O. The number of benzene rings is 1. The third-order valence-electron chi connectivity index (χ3n) is 3.46. The average molecular weight is 326 g/mol. The van der Waals surface area contributed by atoms with Crippen LogP contribution in [0.2, 0.25) is 0 Å². The number of carbonyl (C=O) groups is 1. The molecule has 1 amide bonds. The van der Waals surface area contributed by atoms with Crippen molar-refractivity contribution in [2.45, 2.75) is 18.9 Å². The van der Waals surface area contributed by atoms with E-state index in [4.69, 9.17) is 5.73 Å². The van der Waals surface area contributed by atoms with Gasteiger partial charge in [-0.15, -0.1) is 0 Å². The van der Waals surface area contributed by atoms with Crippen LogP contribution < -0.4 is 5.73 Å². The number of halogens is 1. The summed E-state index contributed by atoms with van der Waals surface area (Å²) < 4.78 is 0.883. The molecule has 1 aromatic rings. The molecule has 104 valence electrons. The van der Waals surface area contributed by atoms with Crippen molar-refractivity contribution in [3.63, 3.8) is 0 Å². The standard InChI is InChI=1S/C14H20BrN3O/c1-17(2)9-11-4-3-7-18(11)14(19)12-8-10(15)5-6-13(12)16/h5-6,8,11H,3-4,7,9,16H2,1-2H3. The van der Waals surface area contributed by atoms with Crippen molar-refractivity contribution in [2.75, 3.05) is 32.9 Å². The van der Waals surface area contributed by atoms with Gasteiger partial charge in [0.05, 0.1) is 5.56 Å². The van der Waals surface area contributed by atoms with Crippen LogP contribution in [0.25, 0.3) is 0 Å². The van der Waals surface area contributed by atoms with Gasteiger partial charge < -0.3 is 15.5 Å². The van der Waals surface area contributed by atoms with E-state index in [1.165, 1.54) is 0 Å². The molecule has 0 spiro atoms. The van der Waals surface area contributed by atoms with Gasteiger partial charge in [-0.3, -0.25) is 4.79 Å². The number of hydrogen-bond acceptors (Lipinski definition) is 3. The predicted molar refractivity (Wildman–Crippen MR) is 81.2 cm³/mol. The van der Waals surface area contributed by atoms with Gasteiger partial charge in [-0.1, -0.05) is 15.9 Å². The highest BCUT2D eigenvalue weighted by atomic mass is 79.9. The van der Waals surface area contributed by atoms with E-state index in [1.807, 2.05) is 31.1 Å². The molecule has 0 aliphatic carbocycles. The molecule has 1 aromatic carbocycles. The second kappa shape index (κ2) is 5.92. The maximum absolute atomic E-state index is 12.6. The van der Waals surface area contributed by atoms with Crippen molar-refractivity contribution in [3.05, 3.63) is 28.2 Å². The Bertz CT molecular complexity index is 476. The van der Waals surface area contributed by atoms with Crippen molar-refractivity contribution in [1.29, 1.82) is 0 Å². The number of anilines is 1. The van der Waals surface area contributed by atoms with Gasteiger partial charge in [0, 0.05) is 29.3 Å². The maximum atomic E-state index is 12.6. The molecule has 2 rings (SSSR count). The Morgan fingerprint density at radius 3 is 2.95 bits per heavy atom. The molecule has 1 aliphatic rings. The second-order valence-corrected chi connectivity index (χ2v) is 6.20. The summed E-state index contributed by atoms with van der Waals surface area (Å²) in [4.78, 5) is 16.7.